The van der Waals surface area contributed by atoms with Crippen molar-refractivity contribution in [2.75, 3.05) is 26.3 Å². The van der Waals surface area contributed by atoms with Gasteiger partial charge in [0.2, 0.25) is 0 Å². The molecule has 12 N–H and O–H groups in total. The number of hydrogen-bond acceptors (Lipinski definition) is 16. The molecule has 4 aromatic rings. The molecule has 3 saturated carbocycles. The fourth-order valence-electron chi connectivity index (χ4n) is 18.7. The van der Waals surface area contributed by atoms with Crippen LogP contribution in [0, 0.1) is 35.5 Å². The molecule has 16 nitrogen and oxygen atoms in total. The van der Waals surface area contributed by atoms with E-state index in [1.165, 1.54) is 11.1 Å². The largest absolute Gasteiger partial charge is 0.508 e. The lowest BCUT2D eigenvalue weighted by molar-refractivity contribution is -0.171. The fourth-order valence-corrected chi connectivity index (χ4v) is 18.7. The summed E-state index contributed by atoms with van der Waals surface area (Å²) in [7, 11) is 0. The van der Waals surface area contributed by atoms with Crippen molar-refractivity contribution in [2.45, 2.75) is 157 Å². The molecule has 438 valence electrons. The molecule has 5 heterocycles. The second-order valence-electron chi connectivity index (χ2n) is 26.1. The van der Waals surface area contributed by atoms with E-state index in [9.17, 15) is 40.5 Å². The first kappa shape index (κ1) is 54.5. The van der Waals surface area contributed by atoms with E-state index in [1.54, 1.807) is 25.1 Å². The van der Waals surface area contributed by atoms with E-state index in [4.69, 9.17) is 19.6 Å². The minimum Gasteiger partial charge on any atom is -0.508 e. The summed E-state index contributed by atoms with van der Waals surface area (Å²) < 4.78 is 21.6. The first-order valence-electron chi connectivity index (χ1n) is 30.5. The number of allylic oxidation sites excluding steroid dienone is 5. The quantitative estimate of drug-likeness (QED) is 0.0617. The number of phenols is 2. The van der Waals surface area contributed by atoms with Crippen LogP contribution < -0.4 is 31.8 Å². The zero-order valence-corrected chi connectivity index (χ0v) is 47.5. The van der Waals surface area contributed by atoms with Gasteiger partial charge in [0.1, 0.15) is 58.1 Å². The van der Waals surface area contributed by atoms with Crippen LogP contribution in [0.2, 0.25) is 0 Å². The standard InChI is InChI=1S/C67H78N4O12/c1-4-48(67(80)27-36-20-38(67)19-35-21-50-34(29-72)15-17-66(50,79)49-8-6-7-41(36)55(35)49)64(78)82-53-26-46-60(77)58-52(76)25-40(30-73)81-62(58)59-56-44-16-18-70-63(68)57(44)43(14-10-32-9-12-39(75)24-45(32)47(56)31-74)42-13-11-33-23-54(69-5-2)71-28-37(33)22-51(42)65(53,3)83-61(46)59/h4,6-9,12,16,23-25,28,34-36,38,42-43,47,50-51,53-54,56,69-75,77,79-80H,5,10-11,13-15,17-22,26-27,29-31,68H2,1-3H3. The van der Waals surface area contributed by atoms with E-state index in [2.05, 4.69) is 53.4 Å². The fraction of sp³-hybridized carbons (Fsp3) is 0.522. The molecule has 0 radical (unpaired) electrons. The van der Waals surface area contributed by atoms with Crippen LogP contribution in [-0.4, -0.2) is 91.5 Å². The Balaban J connectivity index is 0.957. The van der Waals surface area contributed by atoms with E-state index < -0.39 is 71.0 Å². The number of aromatic hydroxyl groups is 2. The van der Waals surface area contributed by atoms with Crippen LogP contribution in [0.1, 0.15) is 153 Å². The van der Waals surface area contributed by atoms with Crippen molar-refractivity contribution in [2.24, 2.45) is 41.2 Å². The van der Waals surface area contributed by atoms with Crippen LogP contribution >= 0.6 is 0 Å². The highest BCUT2D eigenvalue weighted by atomic mass is 16.6. The molecule has 16 heteroatoms. The van der Waals surface area contributed by atoms with E-state index in [1.807, 2.05) is 19.1 Å². The van der Waals surface area contributed by atoms with Gasteiger partial charge in [-0.1, -0.05) is 43.3 Å². The number of benzene rings is 3. The van der Waals surface area contributed by atoms with E-state index in [0.29, 0.717) is 81.3 Å². The van der Waals surface area contributed by atoms with Gasteiger partial charge in [0.15, 0.2) is 5.43 Å². The number of fused-ring (bicyclic) bond motifs is 14. The number of dihydropyridines is 2. The molecular weight excluding hydrogens is 1050 g/mol. The summed E-state index contributed by atoms with van der Waals surface area (Å²) in [6, 6.07) is 12.6. The molecule has 0 spiro atoms. The number of carbonyl (C=O) groups excluding carboxylic acids is 1. The number of rotatable bonds is 8. The summed E-state index contributed by atoms with van der Waals surface area (Å²) in [5, 5.41) is 93.8. The number of carbonyl (C=O) groups is 1. The van der Waals surface area contributed by atoms with Gasteiger partial charge < -0.3 is 66.0 Å². The summed E-state index contributed by atoms with van der Waals surface area (Å²) in [5.74, 6) is -3.72. The van der Waals surface area contributed by atoms with Gasteiger partial charge in [0.25, 0.3) is 0 Å². The number of ether oxygens (including phenoxy) is 2. The number of nitrogens with one attached hydrogen (secondary N) is 3. The van der Waals surface area contributed by atoms with Crippen LogP contribution in [0.3, 0.4) is 0 Å². The zero-order valence-electron chi connectivity index (χ0n) is 47.5. The molecule has 14 rings (SSSR count). The van der Waals surface area contributed by atoms with Crippen LogP contribution in [0.4, 0.5) is 0 Å². The average Bonchev–Trinajstić information content (AvgIpc) is 2.39. The lowest BCUT2D eigenvalue weighted by atomic mass is 9.61. The van der Waals surface area contributed by atoms with Crippen molar-refractivity contribution < 1.29 is 54.4 Å². The van der Waals surface area contributed by atoms with Crippen molar-refractivity contribution in [1.29, 1.82) is 0 Å². The van der Waals surface area contributed by atoms with Crippen molar-refractivity contribution >= 4 is 16.9 Å². The molecule has 0 saturated heterocycles. The van der Waals surface area contributed by atoms with Crippen LogP contribution in [0.15, 0.2) is 110 Å². The Labute approximate surface area is 482 Å². The Morgan fingerprint density at radius 3 is 2.57 bits per heavy atom. The van der Waals surface area contributed by atoms with Crippen LogP contribution in [0.25, 0.3) is 11.0 Å². The third-order valence-electron chi connectivity index (χ3n) is 22.4. The monoisotopic (exact) mass is 1130 g/mol. The molecule has 6 bridgehead atoms. The SMILES string of the molecule is CC=C(C(=O)OC1Cc2c3c(c4oc(CO)cc(=O)c4c2O)C2C4=CCNC(N)=C4C(CCc4ccc(O)cc4C2CO)C2CCC4=CC(NCC)NC=C4CC2C1(C)O3)C1(O)CC2CC1CC1CC3C(CO)CCC3(O)c3cccc2c31. The summed E-state index contributed by atoms with van der Waals surface area (Å²) in [6.07, 6.45) is 13.3. The van der Waals surface area contributed by atoms with E-state index in [0.717, 1.165) is 52.4 Å². The predicted molar refractivity (Wildman–Crippen MR) is 310 cm³/mol. The van der Waals surface area contributed by atoms with Crippen LogP contribution in [-0.2, 0) is 34.6 Å². The Kier molecular flexibility index (Phi) is 13.2. The summed E-state index contributed by atoms with van der Waals surface area (Å²) >= 11 is 0. The van der Waals surface area contributed by atoms with Gasteiger partial charge in [0, 0.05) is 60.7 Å². The Hall–Kier alpha value is -6.40. The number of likely N-dealkylation sites (N-methyl/N-ethyl adjacent to an activating group) is 1. The highest BCUT2D eigenvalue weighted by molar-refractivity contribution is 5.93. The molecule has 4 aliphatic heterocycles. The third kappa shape index (κ3) is 8.12. The molecule has 3 aromatic carbocycles. The second-order valence-corrected chi connectivity index (χ2v) is 26.1. The number of phenolic OH excluding ortho intramolecular Hbond substituents is 2. The molecule has 15 unspecified atom stereocenters. The molecule has 0 amide bonds. The number of aliphatic hydroxyl groups excluding tert-OH is 3. The summed E-state index contributed by atoms with van der Waals surface area (Å²) in [5.41, 5.74) is 12.1. The Bertz CT molecular complexity index is 3600. The number of aliphatic hydroxyl groups is 5. The van der Waals surface area contributed by atoms with Gasteiger partial charge in [-0.2, -0.15) is 0 Å². The number of hydrogen-bond donors (Lipinski definition) is 11. The summed E-state index contributed by atoms with van der Waals surface area (Å²) in [6.45, 7) is 5.88. The van der Waals surface area contributed by atoms with Crippen molar-refractivity contribution in [3.8, 4) is 17.2 Å². The van der Waals surface area contributed by atoms with Gasteiger partial charge in [-0.25, -0.2) is 4.79 Å². The minimum absolute atomic E-state index is 0.00295. The topological polar surface area (TPSA) is 269 Å². The smallest absolute Gasteiger partial charge is 0.337 e. The first-order chi connectivity index (χ1) is 40.0. The van der Waals surface area contributed by atoms with E-state index in [-0.39, 0.29) is 106 Å². The maximum absolute atomic E-state index is 15.9. The Morgan fingerprint density at radius 2 is 1.78 bits per heavy atom. The number of esters is 1. The Morgan fingerprint density at radius 1 is 0.952 bits per heavy atom. The van der Waals surface area contributed by atoms with Gasteiger partial charge in [-0.3, -0.25) is 10.1 Å². The first-order valence-corrected chi connectivity index (χ1v) is 30.5. The van der Waals surface area contributed by atoms with Gasteiger partial charge in [-0.15, -0.1) is 0 Å². The second kappa shape index (κ2) is 20.1. The molecule has 3 fully saturated rings. The highest BCUT2D eigenvalue weighted by Crippen LogP contribution is 2.65. The molecular formula is C67H78N4O12. The third-order valence-corrected chi connectivity index (χ3v) is 22.4. The zero-order chi connectivity index (χ0) is 57.6. The lowest BCUT2D eigenvalue weighted by Gasteiger charge is -2.52. The molecule has 83 heavy (non-hydrogen) atoms. The molecule has 1 aromatic heterocycles. The van der Waals surface area contributed by atoms with Crippen molar-refractivity contribution in [3.63, 3.8) is 0 Å². The molecule has 15 atom stereocenters. The van der Waals surface area contributed by atoms with Crippen molar-refractivity contribution in [3.05, 3.63) is 156 Å². The predicted octanol–water partition coefficient (Wildman–Crippen LogP) is 7.17. The molecule has 10 aliphatic rings. The average molecular weight is 1130 g/mol. The van der Waals surface area contributed by atoms with Crippen LogP contribution in [0.5, 0.6) is 17.2 Å². The lowest BCUT2D eigenvalue weighted by Crippen LogP contribution is -2.59. The van der Waals surface area contributed by atoms with Gasteiger partial charge >= 0.3 is 5.97 Å². The number of aryl methyl sites for hydroxylation is 1. The normalized spacial score (nSPS) is 35.5. The van der Waals surface area contributed by atoms with E-state index >= 15 is 4.79 Å². The highest BCUT2D eigenvalue weighted by Gasteiger charge is 2.62. The number of nitrogens with two attached hydrogens (primary N) is 1. The maximum atomic E-state index is 15.9. The summed E-state index contributed by atoms with van der Waals surface area (Å²) in [4.78, 5) is 30.6. The van der Waals surface area contributed by atoms with Crippen molar-refractivity contribution in [1.82, 2.24) is 16.0 Å². The maximum Gasteiger partial charge on any atom is 0.337 e. The molecule has 6 aliphatic carbocycles. The van der Waals surface area contributed by atoms with Gasteiger partial charge in [-0.05, 0) is 201 Å². The minimum atomic E-state index is -1.60. The van der Waals surface area contributed by atoms with Gasteiger partial charge in [0.05, 0.1) is 29.5 Å².